The van der Waals surface area contributed by atoms with Gasteiger partial charge in [0.15, 0.2) is 0 Å². The van der Waals surface area contributed by atoms with E-state index in [9.17, 15) is 4.79 Å². The predicted octanol–water partition coefficient (Wildman–Crippen LogP) is 1.78. The van der Waals surface area contributed by atoms with Crippen molar-refractivity contribution >= 4 is 34.5 Å². The van der Waals surface area contributed by atoms with E-state index in [0.717, 1.165) is 6.42 Å². The summed E-state index contributed by atoms with van der Waals surface area (Å²) in [6.45, 7) is 4.05. The Hall–Kier alpha value is -0.940. The molecule has 88 valence electrons. The third-order valence-corrected chi connectivity index (χ3v) is 3.21. The molecule has 0 spiro atoms. The Morgan fingerprint density at radius 2 is 2.31 bits per heavy atom. The number of aryl methyl sites for hydroxylation is 1. The molecule has 0 aliphatic carbocycles. The lowest BCUT2D eigenvalue weighted by molar-refractivity contribution is -0.120. The first-order chi connectivity index (χ1) is 7.47. The number of rotatable bonds is 5. The fourth-order valence-corrected chi connectivity index (χ4v) is 2.58. The Balaban J connectivity index is 2.38. The van der Waals surface area contributed by atoms with Crippen molar-refractivity contribution in [3.05, 3.63) is 21.9 Å². The second-order valence-electron chi connectivity index (χ2n) is 3.83. The van der Waals surface area contributed by atoms with Crippen molar-refractivity contribution in [3.63, 3.8) is 0 Å². The normalized spacial score (nSPS) is 12.1. The minimum atomic E-state index is -0.103. The van der Waals surface area contributed by atoms with E-state index in [1.165, 1.54) is 9.75 Å². The van der Waals surface area contributed by atoms with Crippen LogP contribution >= 0.6 is 23.6 Å². The summed E-state index contributed by atoms with van der Waals surface area (Å²) in [5.41, 5.74) is 5.30. The topological polar surface area (TPSA) is 55.1 Å². The molecule has 3 nitrogen and oxygen atoms in total. The number of carbonyl (C=O) groups is 1. The van der Waals surface area contributed by atoms with Crippen LogP contribution in [0.4, 0.5) is 0 Å². The molecular weight excluding hydrogens is 240 g/mol. The van der Waals surface area contributed by atoms with E-state index in [1.54, 1.807) is 11.3 Å². The third kappa shape index (κ3) is 4.72. The Kier molecular flexibility index (Phi) is 4.89. The van der Waals surface area contributed by atoms with Gasteiger partial charge in [0.05, 0.1) is 11.4 Å². The van der Waals surface area contributed by atoms with Gasteiger partial charge in [0.1, 0.15) is 0 Å². The van der Waals surface area contributed by atoms with Crippen molar-refractivity contribution in [2.75, 3.05) is 0 Å². The fraction of sp³-hybridized carbons (Fsp3) is 0.455. The van der Waals surface area contributed by atoms with Crippen molar-refractivity contribution in [2.24, 2.45) is 5.73 Å². The molecule has 0 fully saturated rings. The van der Waals surface area contributed by atoms with Gasteiger partial charge in [-0.05, 0) is 26.0 Å². The van der Waals surface area contributed by atoms with Crippen LogP contribution < -0.4 is 11.1 Å². The lowest BCUT2D eigenvalue weighted by Gasteiger charge is -2.12. The second kappa shape index (κ2) is 5.96. The number of thiocarbonyl (C=S) groups is 1. The van der Waals surface area contributed by atoms with Crippen LogP contribution in [-0.2, 0) is 11.2 Å². The first kappa shape index (κ1) is 13.1. The van der Waals surface area contributed by atoms with Crippen LogP contribution in [0.25, 0.3) is 0 Å². The average Bonchev–Trinajstić information content (AvgIpc) is 2.48. The van der Waals surface area contributed by atoms with Crippen LogP contribution in [-0.4, -0.2) is 16.9 Å². The van der Waals surface area contributed by atoms with Crippen LogP contribution in [0.5, 0.6) is 0 Å². The molecule has 1 rings (SSSR count). The molecule has 1 unspecified atom stereocenters. The zero-order valence-electron chi connectivity index (χ0n) is 9.45. The van der Waals surface area contributed by atoms with E-state index in [1.807, 2.05) is 6.92 Å². The largest absolute Gasteiger partial charge is 0.393 e. The average molecular weight is 256 g/mol. The van der Waals surface area contributed by atoms with Gasteiger partial charge in [-0.2, -0.15) is 0 Å². The standard InChI is InChI=1S/C11H16N2OS2/c1-7(13-11(14)6-10(12)15)5-9-4-3-8(2)16-9/h3-4,7H,5-6H2,1-2H3,(H2,12,15)(H,13,14). The molecule has 0 aliphatic rings. The van der Waals surface area contributed by atoms with Gasteiger partial charge in [0, 0.05) is 22.2 Å². The summed E-state index contributed by atoms with van der Waals surface area (Å²) >= 11 is 6.43. The zero-order chi connectivity index (χ0) is 12.1. The fourth-order valence-electron chi connectivity index (χ4n) is 1.43. The smallest absolute Gasteiger partial charge is 0.227 e. The summed E-state index contributed by atoms with van der Waals surface area (Å²) in [5.74, 6) is -0.103. The van der Waals surface area contributed by atoms with E-state index in [-0.39, 0.29) is 23.4 Å². The minimum absolute atomic E-state index is 0.103. The summed E-state index contributed by atoms with van der Waals surface area (Å²) in [5, 5.41) is 2.87. The lowest BCUT2D eigenvalue weighted by atomic mass is 10.2. The second-order valence-corrected chi connectivity index (χ2v) is 5.72. The van der Waals surface area contributed by atoms with Crippen LogP contribution in [0.15, 0.2) is 12.1 Å². The highest BCUT2D eigenvalue weighted by molar-refractivity contribution is 7.80. The first-order valence-electron chi connectivity index (χ1n) is 5.10. The molecule has 1 amide bonds. The summed E-state index contributed by atoms with van der Waals surface area (Å²) in [7, 11) is 0. The van der Waals surface area contributed by atoms with Crippen molar-refractivity contribution in [3.8, 4) is 0 Å². The van der Waals surface area contributed by atoms with Gasteiger partial charge in [-0.3, -0.25) is 4.79 Å². The molecule has 1 aromatic rings. The first-order valence-corrected chi connectivity index (χ1v) is 6.33. The number of nitrogens with one attached hydrogen (secondary N) is 1. The van der Waals surface area contributed by atoms with E-state index in [4.69, 9.17) is 5.73 Å². The molecule has 1 aromatic heterocycles. The van der Waals surface area contributed by atoms with Gasteiger partial charge in [0.2, 0.25) is 5.91 Å². The van der Waals surface area contributed by atoms with Crippen LogP contribution in [0, 0.1) is 6.92 Å². The minimum Gasteiger partial charge on any atom is -0.393 e. The number of amides is 1. The van der Waals surface area contributed by atoms with E-state index >= 15 is 0 Å². The van der Waals surface area contributed by atoms with Crippen molar-refractivity contribution in [1.82, 2.24) is 5.32 Å². The molecule has 16 heavy (non-hydrogen) atoms. The van der Waals surface area contributed by atoms with Gasteiger partial charge in [-0.25, -0.2) is 0 Å². The number of thiophene rings is 1. The number of hydrogen-bond acceptors (Lipinski definition) is 3. The number of nitrogens with two attached hydrogens (primary N) is 1. The van der Waals surface area contributed by atoms with Gasteiger partial charge in [-0.1, -0.05) is 12.2 Å². The Bertz CT molecular complexity index is 387. The molecule has 0 aromatic carbocycles. The third-order valence-electron chi connectivity index (χ3n) is 2.05. The van der Waals surface area contributed by atoms with Gasteiger partial charge in [-0.15, -0.1) is 11.3 Å². The Labute approximate surface area is 105 Å². The number of carbonyl (C=O) groups excluding carboxylic acids is 1. The van der Waals surface area contributed by atoms with Crippen LogP contribution in [0.3, 0.4) is 0 Å². The highest BCUT2D eigenvalue weighted by Crippen LogP contribution is 2.16. The molecular formula is C11H16N2OS2. The maximum absolute atomic E-state index is 11.4. The van der Waals surface area contributed by atoms with E-state index < -0.39 is 0 Å². The summed E-state index contributed by atoms with van der Waals surface area (Å²) in [6, 6.07) is 4.29. The molecule has 1 heterocycles. The molecule has 0 saturated carbocycles. The van der Waals surface area contributed by atoms with Gasteiger partial charge >= 0.3 is 0 Å². The zero-order valence-corrected chi connectivity index (χ0v) is 11.1. The molecule has 0 radical (unpaired) electrons. The molecule has 5 heteroatoms. The SMILES string of the molecule is Cc1ccc(CC(C)NC(=O)CC(N)=S)s1. The number of hydrogen-bond donors (Lipinski definition) is 2. The van der Waals surface area contributed by atoms with Crippen molar-refractivity contribution in [1.29, 1.82) is 0 Å². The van der Waals surface area contributed by atoms with Crippen LogP contribution in [0.1, 0.15) is 23.1 Å². The lowest BCUT2D eigenvalue weighted by Crippen LogP contribution is -2.35. The maximum Gasteiger partial charge on any atom is 0.227 e. The van der Waals surface area contributed by atoms with E-state index in [2.05, 4.69) is 36.6 Å². The Morgan fingerprint density at radius 3 is 2.81 bits per heavy atom. The molecule has 0 saturated heterocycles. The van der Waals surface area contributed by atoms with Gasteiger partial charge in [0.25, 0.3) is 0 Å². The summed E-state index contributed by atoms with van der Waals surface area (Å²) in [4.78, 5) is 14.2. The monoisotopic (exact) mass is 256 g/mol. The highest BCUT2D eigenvalue weighted by Gasteiger charge is 2.09. The summed E-state index contributed by atoms with van der Waals surface area (Å²) < 4.78 is 0. The quantitative estimate of drug-likeness (QED) is 0.790. The molecule has 1 atom stereocenters. The van der Waals surface area contributed by atoms with Crippen molar-refractivity contribution < 1.29 is 4.79 Å². The molecule has 3 N–H and O–H groups in total. The van der Waals surface area contributed by atoms with E-state index in [0.29, 0.717) is 0 Å². The van der Waals surface area contributed by atoms with Gasteiger partial charge < -0.3 is 11.1 Å². The molecule has 0 aliphatic heterocycles. The summed E-state index contributed by atoms with van der Waals surface area (Å²) in [6.07, 6.45) is 0.977. The van der Waals surface area contributed by atoms with Crippen molar-refractivity contribution in [2.45, 2.75) is 32.7 Å². The highest BCUT2D eigenvalue weighted by atomic mass is 32.1. The molecule has 0 bridgehead atoms. The predicted molar refractivity (Wildman–Crippen MR) is 71.8 cm³/mol. The Morgan fingerprint density at radius 1 is 1.62 bits per heavy atom. The van der Waals surface area contributed by atoms with Crippen LogP contribution in [0.2, 0.25) is 0 Å². The maximum atomic E-state index is 11.4.